The number of aromatic nitrogens is 2. The summed E-state index contributed by atoms with van der Waals surface area (Å²) in [6, 6.07) is 0. The maximum absolute atomic E-state index is 12.0. The van der Waals surface area contributed by atoms with Crippen LogP contribution in [0.15, 0.2) is 6.20 Å². The van der Waals surface area contributed by atoms with Gasteiger partial charge in [-0.05, 0) is 13.8 Å². The van der Waals surface area contributed by atoms with Gasteiger partial charge in [0.2, 0.25) is 0 Å². The molecule has 0 spiro atoms. The fraction of sp³-hybridized carbons (Fsp3) is 0.600. The van der Waals surface area contributed by atoms with Crippen LogP contribution in [-0.4, -0.2) is 39.6 Å². The van der Waals surface area contributed by atoms with E-state index in [-0.39, 0.29) is 5.91 Å². The lowest BCUT2D eigenvalue weighted by atomic mass is 10.2. The van der Waals surface area contributed by atoms with Gasteiger partial charge in [0.25, 0.3) is 5.91 Å². The van der Waals surface area contributed by atoms with Crippen molar-refractivity contribution in [2.24, 2.45) is 7.05 Å². The van der Waals surface area contributed by atoms with Crippen molar-refractivity contribution in [1.29, 1.82) is 0 Å². The number of hydrogen-bond donors (Lipinski definition) is 0. The quantitative estimate of drug-likeness (QED) is 0.733. The van der Waals surface area contributed by atoms with E-state index in [0.29, 0.717) is 24.5 Å². The monoisotopic (exact) mass is 229 g/mol. The Kier molecular flexibility index (Phi) is 4.15. The van der Waals surface area contributed by atoms with Gasteiger partial charge in [-0.3, -0.25) is 9.48 Å². The van der Waals surface area contributed by atoms with Crippen molar-refractivity contribution in [3.05, 3.63) is 17.5 Å². The molecule has 1 aromatic rings. The van der Waals surface area contributed by atoms with Crippen LogP contribution in [0.4, 0.5) is 0 Å². The molecule has 5 heteroatoms. The minimum Gasteiger partial charge on any atom is -0.338 e. The molecule has 0 saturated carbocycles. The van der Waals surface area contributed by atoms with Gasteiger partial charge >= 0.3 is 0 Å². The summed E-state index contributed by atoms with van der Waals surface area (Å²) in [5.74, 6) is 0.461. The van der Waals surface area contributed by atoms with Crippen molar-refractivity contribution < 1.29 is 4.79 Å². The average Bonchev–Trinajstić information content (AvgIpc) is 2.53. The topological polar surface area (TPSA) is 38.1 Å². The highest BCUT2D eigenvalue weighted by atomic mass is 35.5. The van der Waals surface area contributed by atoms with Crippen molar-refractivity contribution in [3.63, 3.8) is 0 Å². The van der Waals surface area contributed by atoms with Gasteiger partial charge in [-0.1, -0.05) is 0 Å². The largest absolute Gasteiger partial charge is 0.338 e. The SMILES string of the molecule is CCN(CCCl)C(=O)c1cn(C)nc1C. The third-order valence-corrected chi connectivity index (χ3v) is 2.44. The molecule has 0 atom stereocenters. The standard InChI is InChI=1S/C10H16ClN3O/c1-4-14(6-5-11)10(15)9-7-13(3)12-8(9)2/h7H,4-6H2,1-3H3. The van der Waals surface area contributed by atoms with Gasteiger partial charge in [0.15, 0.2) is 0 Å². The molecule has 0 fully saturated rings. The van der Waals surface area contributed by atoms with Crippen LogP contribution >= 0.6 is 11.6 Å². The normalized spacial score (nSPS) is 10.4. The fourth-order valence-electron chi connectivity index (χ4n) is 1.49. The molecule has 0 aromatic carbocycles. The van der Waals surface area contributed by atoms with Crippen LogP contribution in [-0.2, 0) is 7.05 Å². The van der Waals surface area contributed by atoms with E-state index in [4.69, 9.17) is 11.6 Å². The Morgan fingerprint density at radius 1 is 1.67 bits per heavy atom. The summed E-state index contributed by atoms with van der Waals surface area (Å²) in [4.78, 5) is 13.7. The molecule has 0 aliphatic carbocycles. The maximum Gasteiger partial charge on any atom is 0.257 e. The van der Waals surface area contributed by atoms with E-state index < -0.39 is 0 Å². The minimum atomic E-state index is 0.00347. The number of carbonyl (C=O) groups is 1. The second-order valence-corrected chi connectivity index (χ2v) is 3.75. The van der Waals surface area contributed by atoms with Crippen molar-refractivity contribution in [3.8, 4) is 0 Å². The zero-order valence-corrected chi connectivity index (χ0v) is 10.1. The van der Waals surface area contributed by atoms with Crippen LogP contribution in [0.5, 0.6) is 0 Å². The number of alkyl halides is 1. The molecule has 1 heterocycles. The first kappa shape index (κ1) is 12.0. The lowest BCUT2D eigenvalue weighted by Crippen LogP contribution is -2.32. The Balaban J connectivity index is 2.87. The third kappa shape index (κ3) is 2.72. The van der Waals surface area contributed by atoms with Crippen molar-refractivity contribution >= 4 is 17.5 Å². The van der Waals surface area contributed by atoms with Gasteiger partial charge in [0.1, 0.15) is 0 Å². The van der Waals surface area contributed by atoms with Crippen LogP contribution in [0.2, 0.25) is 0 Å². The Labute approximate surface area is 94.8 Å². The van der Waals surface area contributed by atoms with E-state index in [9.17, 15) is 4.79 Å². The smallest absolute Gasteiger partial charge is 0.257 e. The first-order valence-corrected chi connectivity index (χ1v) is 5.49. The average molecular weight is 230 g/mol. The molecule has 1 aromatic heterocycles. The van der Waals surface area contributed by atoms with Gasteiger partial charge in [0, 0.05) is 32.2 Å². The van der Waals surface area contributed by atoms with Crippen LogP contribution in [0.25, 0.3) is 0 Å². The highest BCUT2D eigenvalue weighted by Gasteiger charge is 2.17. The zero-order chi connectivity index (χ0) is 11.4. The van der Waals surface area contributed by atoms with Crippen molar-refractivity contribution in [1.82, 2.24) is 14.7 Å². The van der Waals surface area contributed by atoms with Gasteiger partial charge < -0.3 is 4.90 Å². The lowest BCUT2D eigenvalue weighted by Gasteiger charge is -2.18. The molecule has 0 saturated heterocycles. The molecular weight excluding hydrogens is 214 g/mol. The lowest BCUT2D eigenvalue weighted by molar-refractivity contribution is 0.0773. The summed E-state index contributed by atoms with van der Waals surface area (Å²) in [5, 5.41) is 4.15. The summed E-state index contributed by atoms with van der Waals surface area (Å²) < 4.78 is 1.65. The molecule has 1 rings (SSSR count). The molecule has 0 unspecified atom stereocenters. The maximum atomic E-state index is 12.0. The molecule has 0 aliphatic heterocycles. The Morgan fingerprint density at radius 2 is 2.33 bits per heavy atom. The van der Waals surface area contributed by atoms with Gasteiger partial charge in [-0.2, -0.15) is 5.10 Å². The third-order valence-electron chi connectivity index (χ3n) is 2.27. The zero-order valence-electron chi connectivity index (χ0n) is 9.33. The Bertz CT molecular complexity index is 348. The predicted octanol–water partition coefficient (Wildman–Crippen LogP) is 1.43. The van der Waals surface area contributed by atoms with E-state index in [2.05, 4.69) is 5.10 Å². The highest BCUT2D eigenvalue weighted by molar-refractivity contribution is 6.18. The second kappa shape index (κ2) is 5.16. The number of carbonyl (C=O) groups excluding carboxylic acids is 1. The van der Waals surface area contributed by atoms with Crippen LogP contribution < -0.4 is 0 Å². The second-order valence-electron chi connectivity index (χ2n) is 3.38. The summed E-state index contributed by atoms with van der Waals surface area (Å²) in [7, 11) is 1.81. The molecule has 0 N–H and O–H groups in total. The first-order chi connectivity index (χ1) is 7.10. The number of rotatable bonds is 4. The molecular formula is C10H16ClN3O. The molecule has 1 amide bonds. The van der Waals surface area contributed by atoms with E-state index in [1.165, 1.54) is 0 Å². The molecule has 84 valence electrons. The van der Waals surface area contributed by atoms with Crippen molar-refractivity contribution in [2.75, 3.05) is 19.0 Å². The van der Waals surface area contributed by atoms with E-state index >= 15 is 0 Å². The molecule has 0 aliphatic rings. The highest BCUT2D eigenvalue weighted by Crippen LogP contribution is 2.08. The molecule has 0 radical (unpaired) electrons. The first-order valence-electron chi connectivity index (χ1n) is 4.95. The summed E-state index contributed by atoms with van der Waals surface area (Å²) in [6.07, 6.45) is 1.74. The minimum absolute atomic E-state index is 0.00347. The van der Waals surface area contributed by atoms with Gasteiger partial charge in [0.05, 0.1) is 11.3 Å². The van der Waals surface area contributed by atoms with Crippen LogP contribution in [0.1, 0.15) is 23.0 Å². The Hall–Kier alpha value is -1.03. The molecule has 4 nitrogen and oxygen atoms in total. The fourth-order valence-corrected chi connectivity index (χ4v) is 1.69. The number of hydrogen-bond acceptors (Lipinski definition) is 2. The summed E-state index contributed by atoms with van der Waals surface area (Å²) >= 11 is 5.64. The summed E-state index contributed by atoms with van der Waals surface area (Å²) in [5.41, 5.74) is 1.42. The molecule has 0 bridgehead atoms. The van der Waals surface area contributed by atoms with Crippen LogP contribution in [0.3, 0.4) is 0 Å². The van der Waals surface area contributed by atoms with Crippen LogP contribution in [0, 0.1) is 6.92 Å². The predicted molar refractivity (Wildman–Crippen MR) is 60.2 cm³/mol. The number of amides is 1. The van der Waals surface area contributed by atoms with E-state index in [1.807, 2.05) is 20.9 Å². The van der Waals surface area contributed by atoms with Gasteiger partial charge in [-0.25, -0.2) is 0 Å². The molecule has 15 heavy (non-hydrogen) atoms. The van der Waals surface area contributed by atoms with E-state index in [0.717, 1.165) is 5.69 Å². The van der Waals surface area contributed by atoms with E-state index in [1.54, 1.807) is 15.8 Å². The number of aryl methyl sites for hydroxylation is 2. The van der Waals surface area contributed by atoms with Gasteiger partial charge in [-0.15, -0.1) is 11.6 Å². The number of halogens is 1. The summed E-state index contributed by atoms with van der Waals surface area (Å²) in [6.45, 7) is 5.02. The Morgan fingerprint density at radius 3 is 2.73 bits per heavy atom. The number of nitrogens with zero attached hydrogens (tertiary/aromatic N) is 3. The van der Waals surface area contributed by atoms with Crippen molar-refractivity contribution in [2.45, 2.75) is 13.8 Å².